The lowest BCUT2D eigenvalue weighted by molar-refractivity contribution is -0.384. The van der Waals surface area contributed by atoms with Crippen molar-refractivity contribution in [3.8, 4) is 0 Å². The van der Waals surface area contributed by atoms with Crippen molar-refractivity contribution in [1.29, 1.82) is 0 Å². The molecule has 6 heteroatoms. The molecule has 2 aromatic carbocycles. The van der Waals surface area contributed by atoms with E-state index in [0.29, 0.717) is 5.52 Å². The number of H-pyrrole nitrogens is 1. The van der Waals surface area contributed by atoms with Crippen LogP contribution in [0, 0.1) is 17.0 Å². The molecule has 2 aromatic heterocycles. The molecule has 0 aliphatic carbocycles. The molecule has 114 valence electrons. The van der Waals surface area contributed by atoms with Gasteiger partial charge in [0.1, 0.15) is 0 Å². The van der Waals surface area contributed by atoms with Gasteiger partial charge in [0.2, 0.25) is 0 Å². The van der Waals surface area contributed by atoms with Crippen LogP contribution in [0.4, 0.5) is 5.69 Å². The highest BCUT2D eigenvalue weighted by atomic mass is 16.6. The Morgan fingerprint density at radius 1 is 1.04 bits per heavy atom. The van der Waals surface area contributed by atoms with Crippen LogP contribution in [0.1, 0.15) is 5.69 Å². The molecule has 0 bridgehead atoms. The van der Waals surface area contributed by atoms with Crippen LogP contribution in [0.15, 0.2) is 60.8 Å². The lowest BCUT2D eigenvalue weighted by Crippen LogP contribution is -1.86. The minimum Gasteiger partial charge on any atom is -0.282 e. The number of aromatic nitrogens is 3. The number of benzene rings is 2. The molecule has 0 unspecified atom stereocenters. The van der Waals surface area contributed by atoms with Gasteiger partial charge in [0.25, 0.3) is 5.69 Å². The fourth-order valence-electron chi connectivity index (χ4n) is 2.26. The number of hydrogen-bond acceptors (Lipinski definition) is 4. The van der Waals surface area contributed by atoms with Crippen molar-refractivity contribution in [2.45, 2.75) is 6.92 Å². The topological polar surface area (TPSA) is 84.7 Å². The summed E-state index contributed by atoms with van der Waals surface area (Å²) < 4.78 is 0. The standard InChI is InChI=1S/C9H7N.C8H7N3O2/c1-2-6-9-8(4-1)5-3-7-10-9;1-5-7-3-2-6(11(12)13)4-8(7)10-9-5/h1-7H;2-4H,1H3,(H,9,10). The average Bonchev–Trinajstić information content (AvgIpc) is 2.96. The highest BCUT2D eigenvalue weighted by Gasteiger charge is 2.08. The summed E-state index contributed by atoms with van der Waals surface area (Å²) in [5.74, 6) is 0. The molecule has 0 atom stereocenters. The van der Waals surface area contributed by atoms with Crippen LogP contribution in [0.5, 0.6) is 0 Å². The molecule has 4 aromatic rings. The zero-order valence-electron chi connectivity index (χ0n) is 12.4. The number of aryl methyl sites for hydroxylation is 1. The number of para-hydroxylation sites is 1. The van der Waals surface area contributed by atoms with Gasteiger partial charge in [0.05, 0.1) is 16.0 Å². The average molecular weight is 306 g/mol. The third-order valence-corrected chi connectivity index (χ3v) is 3.45. The quantitative estimate of drug-likeness (QED) is 0.425. The Morgan fingerprint density at radius 3 is 2.61 bits per heavy atom. The second-order valence-corrected chi connectivity index (χ2v) is 5.00. The largest absolute Gasteiger partial charge is 0.282 e. The molecular formula is C17H14N4O2. The summed E-state index contributed by atoms with van der Waals surface area (Å²) in [6.07, 6.45) is 1.81. The van der Waals surface area contributed by atoms with E-state index in [9.17, 15) is 10.1 Å². The molecule has 23 heavy (non-hydrogen) atoms. The van der Waals surface area contributed by atoms with Crippen LogP contribution in [0.25, 0.3) is 21.8 Å². The van der Waals surface area contributed by atoms with Gasteiger partial charge in [-0.15, -0.1) is 0 Å². The maximum Gasteiger partial charge on any atom is 0.271 e. The van der Waals surface area contributed by atoms with Gasteiger partial charge in [-0.25, -0.2) is 0 Å². The normalized spacial score (nSPS) is 10.3. The maximum atomic E-state index is 10.4. The summed E-state index contributed by atoms with van der Waals surface area (Å²) in [6, 6.07) is 16.7. The summed E-state index contributed by atoms with van der Waals surface area (Å²) in [6.45, 7) is 1.88. The summed E-state index contributed by atoms with van der Waals surface area (Å²) in [5, 5.41) is 19.2. The molecule has 0 spiro atoms. The highest BCUT2D eigenvalue weighted by molar-refractivity contribution is 5.83. The van der Waals surface area contributed by atoms with Gasteiger partial charge in [0, 0.05) is 34.8 Å². The fourth-order valence-corrected chi connectivity index (χ4v) is 2.26. The Labute approximate surface area is 131 Å². The molecule has 4 rings (SSSR count). The van der Waals surface area contributed by atoms with Crippen molar-refractivity contribution in [2.75, 3.05) is 0 Å². The van der Waals surface area contributed by atoms with Gasteiger partial charge in [0.15, 0.2) is 0 Å². The first-order chi connectivity index (χ1) is 11.1. The van der Waals surface area contributed by atoms with Crippen LogP contribution in [-0.2, 0) is 0 Å². The Bertz CT molecular complexity index is 913. The van der Waals surface area contributed by atoms with E-state index in [2.05, 4.69) is 27.3 Å². The van der Waals surface area contributed by atoms with Crippen LogP contribution < -0.4 is 0 Å². The lowest BCUT2D eigenvalue weighted by Gasteiger charge is -1.91. The van der Waals surface area contributed by atoms with E-state index in [1.54, 1.807) is 6.07 Å². The first-order valence-corrected chi connectivity index (χ1v) is 7.04. The van der Waals surface area contributed by atoms with Gasteiger partial charge >= 0.3 is 0 Å². The number of nitro groups is 1. The number of nitrogens with one attached hydrogen (secondary N) is 1. The third-order valence-electron chi connectivity index (χ3n) is 3.45. The minimum atomic E-state index is -0.427. The van der Waals surface area contributed by atoms with Crippen molar-refractivity contribution in [3.63, 3.8) is 0 Å². The number of fused-ring (bicyclic) bond motifs is 2. The summed E-state index contributed by atoms with van der Waals surface area (Å²) in [4.78, 5) is 14.2. The Kier molecular flexibility index (Phi) is 3.97. The Hall–Kier alpha value is -3.28. The predicted octanol–water partition coefficient (Wildman–Crippen LogP) is 4.01. The van der Waals surface area contributed by atoms with Crippen LogP contribution >= 0.6 is 0 Å². The van der Waals surface area contributed by atoms with Gasteiger partial charge in [-0.05, 0) is 25.1 Å². The molecular weight excluding hydrogens is 292 g/mol. The molecule has 0 saturated carbocycles. The van der Waals surface area contributed by atoms with E-state index < -0.39 is 4.92 Å². The smallest absolute Gasteiger partial charge is 0.271 e. The van der Waals surface area contributed by atoms with Crippen molar-refractivity contribution in [2.24, 2.45) is 0 Å². The molecule has 0 aliphatic heterocycles. The number of rotatable bonds is 1. The van der Waals surface area contributed by atoms with Crippen LogP contribution in [-0.4, -0.2) is 20.1 Å². The summed E-state index contributed by atoms with van der Waals surface area (Å²) in [7, 11) is 0. The monoisotopic (exact) mass is 306 g/mol. The van der Waals surface area contributed by atoms with E-state index in [4.69, 9.17) is 0 Å². The Balaban J connectivity index is 0.000000140. The van der Waals surface area contributed by atoms with Crippen molar-refractivity contribution >= 4 is 27.5 Å². The summed E-state index contributed by atoms with van der Waals surface area (Å²) in [5.41, 5.74) is 2.68. The zero-order valence-corrected chi connectivity index (χ0v) is 12.4. The number of nitro benzene ring substituents is 1. The molecule has 2 heterocycles. The second-order valence-electron chi connectivity index (χ2n) is 5.00. The van der Waals surface area contributed by atoms with Gasteiger partial charge in [-0.1, -0.05) is 24.3 Å². The molecule has 1 N–H and O–H groups in total. The second kappa shape index (κ2) is 6.23. The van der Waals surface area contributed by atoms with Crippen molar-refractivity contribution in [1.82, 2.24) is 15.2 Å². The van der Waals surface area contributed by atoms with Gasteiger partial charge in [-0.2, -0.15) is 5.10 Å². The first-order valence-electron chi connectivity index (χ1n) is 7.04. The van der Waals surface area contributed by atoms with E-state index in [1.807, 2.05) is 37.4 Å². The molecule has 0 amide bonds. The number of non-ortho nitro benzene ring substituents is 1. The Morgan fingerprint density at radius 2 is 1.83 bits per heavy atom. The van der Waals surface area contributed by atoms with Gasteiger partial charge < -0.3 is 0 Å². The summed E-state index contributed by atoms with van der Waals surface area (Å²) >= 11 is 0. The molecule has 0 aliphatic rings. The number of nitrogens with zero attached hydrogens (tertiary/aromatic N) is 3. The SMILES string of the molecule is Cc1[nH]nc2cc([N+](=O)[O-])ccc12.c1ccc2ncccc2c1. The molecule has 0 saturated heterocycles. The molecule has 6 nitrogen and oxygen atoms in total. The van der Waals surface area contributed by atoms with Gasteiger partial charge in [-0.3, -0.25) is 20.2 Å². The first kappa shape index (κ1) is 14.6. The van der Waals surface area contributed by atoms with Crippen LogP contribution in [0.2, 0.25) is 0 Å². The van der Waals surface area contributed by atoms with E-state index in [-0.39, 0.29) is 5.69 Å². The fraction of sp³-hybridized carbons (Fsp3) is 0.0588. The van der Waals surface area contributed by atoms with Crippen molar-refractivity contribution < 1.29 is 4.92 Å². The van der Waals surface area contributed by atoms with E-state index in [0.717, 1.165) is 16.6 Å². The third kappa shape index (κ3) is 3.16. The van der Waals surface area contributed by atoms with Crippen molar-refractivity contribution in [3.05, 3.63) is 76.6 Å². The maximum absolute atomic E-state index is 10.4. The molecule has 0 fully saturated rings. The lowest BCUT2D eigenvalue weighted by atomic mass is 10.2. The van der Waals surface area contributed by atoms with E-state index >= 15 is 0 Å². The number of aromatic amines is 1. The van der Waals surface area contributed by atoms with E-state index in [1.165, 1.54) is 17.5 Å². The number of hydrogen-bond donors (Lipinski definition) is 1. The highest BCUT2D eigenvalue weighted by Crippen LogP contribution is 2.20. The predicted molar refractivity (Wildman–Crippen MR) is 89.2 cm³/mol. The molecule has 0 radical (unpaired) electrons. The minimum absolute atomic E-state index is 0.0685. The number of pyridine rings is 1. The van der Waals surface area contributed by atoms with Crippen LogP contribution in [0.3, 0.4) is 0 Å². The zero-order chi connectivity index (χ0) is 16.2.